The van der Waals surface area contributed by atoms with E-state index in [1.165, 1.54) is 54.5 Å². The second kappa shape index (κ2) is 12.9. The highest BCUT2D eigenvalue weighted by Crippen LogP contribution is 2.45. The zero-order valence-corrected chi connectivity index (χ0v) is 31.4. The monoisotopic (exact) mass is 738 g/mol. The molecule has 0 atom stereocenters. The minimum atomic E-state index is 0.703. The van der Waals surface area contributed by atoms with Gasteiger partial charge in [0.25, 0.3) is 0 Å². The summed E-state index contributed by atoms with van der Waals surface area (Å²) in [4.78, 5) is 10.4. The molecule has 0 aliphatic rings. The largest absolute Gasteiger partial charge is 0.309 e. The van der Waals surface area contributed by atoms with Crippen LogP contribution >= 0.6 is 0 Å². The molecule has 0 saturated heterocycles. The Labute approximate surface area is 334 Å². The van der Waals surface area contributed by atoms with Gasteiger partial charge in [0, 0.05) is 49.4 Å². The van der Waals surface area contributed by atoms with Crippen molar-refractivity contribution in [2.24, 2.45) is 0 Å². The van der Waals surface area contributed by atoms with Crippen LogP contribution in [-0.4, -0.2) is 19.1 Å². The molecule has 4 heteroatoms. The molecule has 58 heavy (non-hydrogen) atoms. The summed E-state index contributed by atoms with van der Waals surface area (Å²) in [6, 6.07) is 73.8. The van der Waals surface area contributed by atoms with Crippen molar-refractivity contribution in [3.8, 4) is 45.1 Å². The van der Waals surface area contributed by atoms with Crippen molar-refractivity contribution in [3.63, 3.8) is 0 Å². The van der Waals surface area contributed by atoms with Gasteiger partial charge in [0.2, 0.25) is 0 Å². The van der Waals surface area contributed by atoms with Gasteiger partial charge in [-0.05, 0) is 76.5 Å². The number of aromatic nitrogens is 4. The third-order valence-electron chi connectivity index (χ3n) is 11.7. The van der Waals surface area contributed by atoms with E-state index in [-0.39, 0.29) is 0 Å². The Balaban J connectivity index is 1.14. The molecule has 0 radical (unpaired) electrons. The smallest absolute Gasteiger partial charge is 0.160 e. The number of hydrogen-bond donors (Lipinski definition) is 0. The van der Waals surface area contributed by atoms with Gasteiger partial charge >= 0.3 is 0 Å². The van der Waals surface area contributed by atoms with Crippen LogP contribution in [0.25, 0.3) is 110 Å². The highest BCUT2D eigenvalue weighted by molar-refractivity contribution is 6.33. The molecule has 3 heterocycles. The first kappa shape index (κ1) is 32.4. The van der Waals surface area contributed by atoms with Crippen LogP contribution in [0.1, 0.15) is 0 Å². The molecule has 0 fully saturated rings. The topological polar surface area (TPSA) is 35.6 Å². The molecule has 0 spiro atoms. The molecule has 0 N–H and O–H groups in total. The number of para-hydroxylation sites is 2. The van der Waals surface area contributed by atoms with Gasteiger partial charge in [-0.2, -0.15) is 0 Å². The standard InChI is InChI=1S/C54H34N4/c1-3-15-35(16-4-1)38-20-13-22-40(33-38)57-46-28-12-10-26-44(46)51-48(57)31-32-49-52(51)50-42-24-8-7-17-36(42)29-30-47(50)58(49)41-23-14-21-39(34-41)54-55-45-27-11-9-25-43(45)53(56-54)37-18-5-2-6-19-37/h1-34H. The normalized spacial score (nSPS) is 11.8. The number of nitrogens with zero attached hydrogens (tertiary/aromatic N) is 4. The average molecular weight is 739 g/mol. The van der Waals surface area contributed by atoms with Crippen LogP contribution in [0.4, 0.5) is 0 Å². The summed E-state index contributed by atoms with van der Waals surface area (Å²) >= 11 is 0. The van der Waals surface area contributed by atoms with E-state index in [4.69, 9.17) is 9.97 Å². The van der Waals surface area contributed by atoms with E-state index in [1.807, 2.05) is 12.1 Å². The minimum absolute atomic E-state index is 0.703. The van der Waals surface area contributed by atoms with Crippen LogP contribution < -0.4 is 0 Å². The van der Waals surface area contributed by atoms with Crippen LogP contribution in [0.3, 0.4) is 0 Å². The average Bonchev–Trinajstić information content (AvgIpc) is 3.82. The van der Waals surface area contributed by atoms with E-state index in [1.54, 1.807) is 0 Å². The first-order chi connectivity index (χ1) is 28.8. The Kier molecular flexibility index (Phi) is 7.20. The third-order valence-corrected chi connectivity index (χ3v) is 11.7. The van der Waals surface area contributed by atoms with E-state index in [0.717, 1.165) is 50.1 Å². The molecule has 0 aliphatic heterocycles. The lowest BCUT2D eigenvalue weighted by molar-refractivity contribution is 1.17. The number of rotatable bonds is 5. The molecule has 0 saturated carbocycles. The van der Waals surface area contributed by atoms with Crippen LogP contribution in [0.15, 0.2) is 206 Å². The first-order valence-corrected chi connectivity index (χ1v) is 19.8. The van der Waals surface area contributed by atoms with Crippen molar-refractivity contribution >= 4 is 65.3 Å². The lowest BCUT2D eigenvalue weighted by atomic mass is 10.0. The molecule has 4 nitrogen and oxygen atoms in total. The maximum absolute atomic E-state index is 5.24. The van der Waals surface area contributed by atoms with E-state index >= 15 is 0 Å². The molecular weight excluding hydrogens is 705 g/mol. The van der Waals surface area contributed by atoms with Gasteiger partial charge in [-0.3, -0.25) is 0 Å². The minimum Gasteiger partial charge on any atom is -0.309 e. The molecule has 3 aromatic heterocycles. The summed E-state index contributed by atoms with van der Waals surface area (Å²) < 4.78 is 4.87. The summed E-state index contributed by atoms with van der Waals surface area (Å²) in [7, 11) is 0. The second-order valence-corrected chi connectivity index (χ2v) is 15.0. The summed E-state index contributed by atoms with van der Waals surface area (Å²) in [6.07, 6.45) is 0. The van der Waals surface area contributed by atoms with Crippen LogP contribution in [0.5, 0.6) is 0 Å². The Morgan fingerprint density at radius 3 is 1.62 bits per heavy atom. The Morgan fingerprint density at radius 1 is 0.310 bits per heavy atom. The molecule has 12 rings (SSSR count). The first-order valence-electron chi connectivity index (χ1n) is 19.8. The highest BCUT2D eigenvalue weighted by atomic mass is 15.0. The predicted molar refractivity (Wildman–Crippen MR) is 242 cm³/mol. The number of hydrogen-bond acceptors (Lipinski definition) is 2. The van der Waals surface area contributed by atoms with Gasteiger partial charge < -0.3 is 9.13 Å². The Hall–Kier alpha value is -7.82. The Bertz CT molecular complexity index is 3560. The summed E-state index contributed by atoms with van der Waals surface area (Å²) in [5.41, 5.74) is 13.2. The summed E-state index contributed by atoms with van der Waals surface area (Å²) in [6.45, 7) is 0. The number of benzene rings is 9. The molecule has 12 aromatic rings. The fourth-order valence-electron chi connectivity index (χ4n) is 9.15. The fraction of sp³-hybridized carbons (Fsp3) is 0. The molecular formula is C54H34N4. The van der Waals surface area contributed by atoms with Gasteiger partial charge in [0.1, 0.15) is 0 Å². The fourth-order valence-corrected chi connectivity index (χ4v) is 9.15. The van der Waals surface area contributed by atoms with Crippen LogP contribution in [-0.2, 0) is 0 Å². The lowest BCUT2D eigenvalue weighted by Gasteiger charge is -2.12. The molecule has 0 bridgehead atoms. The quantitative estimate of drug-likeness (QED) is 0.176. The van der Waals surface area contributed by atoms with Crippen molar-refractivity contribution in [1.29, 1.82) is 0 Å². The third kappa shape index (κ3) is 4.95. The van der Waals surface area contributed by atoms with Crippen molar-refractivity contribution < 1.29 is 0 Å². The van der Waals surface area contributed by atoms with Crippen molar-refractivity contribution in [1.82, 2.24) is 19.1 Å². The zero-order chi connectivity index (χ0) is 38.2. The van der Waals surface area contributed by atoms with E-state index in [2.05, 4.69) is 203 Å². The lowest BCUT2D eigenvalue weighted by Crippen LogP contribution is -1.98. The summed E-state index contributed by atoms with van der Waals surface area (Å²) in [5, 5.41) is 8.47. The Morgan fingerprint density at radius 2 is 0.845 bits per heavy atom. The van der Waals surface area contributed by atoms with Gasteiger partial charge in [-0.15, -0.1) is 0 Å². The molecule has 0 aliphatic carbocycles. The van der Waals surface area contributed by atoms with Gasteiger partial charge in [0.15, 0.2) is 5.82 Å². The second-order valence-electron chi connectivity index (χ2n) is 15.0. The summed E-state index contributed by atoms with van der Waals surface area (Å²) in [5.74, 6) is 0.703. The van der Waals surface area contributed by atoms with Crippen molar-refractivity contribution in [2.45, 2.75) is 0 Å². The molecule has 270 valence electrons. The van der Waals surface area contributed by atoms with Crippen LogP contribution in [0.2, 0.25) is 0 Å². The van der Waals surface area contributed by atoms with Gasteiger partial charge in [-0.25, -0.2) is 9.97 Å². The van der Waals surface area contributed by atoms with Crippen molar-refractivity contribution in [2.75, 3.05) is 0 Å². The van der Waals surface area contributed by atoms with E-state index in [9.17, 15) is 0 Å². The van der Waals surface area contributed by atoms with E-state index < -0.39 is 0 Å². The molecule has 0 amide bonds. The molecule has 0 unspecified atom stereocenters. The maximum atomic E-state index is 5.24. The zero-order valence-electron chi connectivity index (χ0n) is 31.4. The highest BCUT2D eigenvalue weighted by Gasteiger charge is 2.22. The number of fused-ring (bicyclic) bond motifs is 10. The van der Waals surface area contributed by atoms with Crippen molar-refractivity contribution in [3.05, 3.63) is 206 Å². The predicted octanol–water partition coefficient (Wildman–Crippen LogP) is 14.0. The van der Waals surface area contributed by atoms with Gasteiger partial charge in [-0.1, -0.05) is 152 Å². The SMILES string of the molecule is c1ccc(-c2cccc(-n3c4ccccc4c4c5c6c7ccccc7ccc6n(-c6cccc(-c7nc(-c8ccccc8)c8ccccc8n7)c6)c5ccc43)c2)cc1. The van der Waals surface area contributed by atoms with Gasteiger partial charge in [0.05, 0.1) is 33.3 Å². The van der Waals surface area contributed by atoms with Crippen LogP contribution in [0, 0.1) is 0 Å². The maximum Gasteiger partial charge on any atom is 0.160 e. The van der Waals surface area contributed by atoms with E-state index in [0.29, 0.717) is 5.82 Å². The molecule has 9 aromatic carbocycles.